The number of hydrogen-bond acceptors (Lipinski definition) is 5. The molecule has 0 aliphatic heterocycles. The third-order valence-electron chi connectivity index (χ3n) is 1.91. The first-order valence-corrected chi connectivity index (χ1v) is 7.14. The summed E-state index contributed by atoms with van der Waals surface area (Å²) >= 11 is 1.34. The topological polar surface area (TPSA) is 81.4 Å². The van der Waals surface area contributed by atoms with Crippen LogP contribution in [0.4, 0.5) is 0 Å². The minimum Gasteiger partial charge on any atom is -0.383 e. The first kappa shape index (κ1) is 13.6. The van der Waals surface area contributed by atoms with Gasteiger partial charge in [-0.25, -0.2) is 13.1 Å². The number of nitrogens with one attached hydrogen (secondary N) is 1. The monoisotopic (exact) mass is 264 g/mol. The van der Waals surface area contributed by atoms with E-state index in [2.05, 4.69) is 4.72 Å². The molecule has 0 aromatic carbocycles. The van der Waals surface area contributed by atoms with Crippen LogP contribution in [-0.2, 0) is 21.3 Å². The van der Waals surface area contributed by atoms with Crippen molar-refractivity contribution < 1.29 is 13.2 Å². The lowest BCUT2D eigenvalue weighted by Gasteiger charge is -2.11. The van der Waals surface area contributed by atoms with Gasteiger partial charge in [0.15, 0.2) is 0 Å². The second-order valence-electron chi connectivity index (χ2n) is 3.43. The number of sulfonamides is 1. The Hall–Kier alpha value is -0.470. The molecule has 0 bridgehead atoms. The molecule has 92 valence electrons. The summed E-state index contributed by atoms with van der Waals surface area (Å²) in [6, 6.07) is 1.34. The standard InChI is InChI=1S/C9H16N2O3S2/c1-7(5-14-2)11-16(12,13)9-3-8(4-10)15-6-9/h3,6-7,11H,4-5,10H2,1-2H3. The van der Waals surface area contributed by atoms with Gasteiger partial charge in [-0.05, 0) is 13.0 Å². The zero-order chi connectivity index (χ0) is 12.2. The van der Waals surface area contributed by atoms with Crippen molar-refractivity contribution in [2.24, 2.45) is 5.73 Å². The average molecular weight is 264 g/mol. The van der Waals surface area contributed by atoms with E-state index < -0.39 is 10.0 Å². The van der Waals surface area contributed by atoms with Crippen LogP contribution in [0.3, 0.4) is 0 Å². The van der Waals surface area contributed by atoms with Gasteiger partial charge < -0.3 is 10.5 Å². The summed E-state index contributed by atoms with van der Waals surface area (Å²) < 4.78 is 31.1. The Morgan fingerprint density at radius 3 is 2.81 bits per heavy atom. The summed E-state index contributed by atoms with van der Waals surface area (Å²) in [5, 5.41) is 1.59. The van der Waals surface area contributed by atoms with E-state index in [0.717, 1.165) is 4.88 Å². The van der Waals surface area contributed by atoms with Crippen LogP contribution in [-0.4, -0.2) is 28.2 Å². The van der Waals surface area contributed by atoms with Crippen LogP contribution in [0.1, 0.15) is 11.8 Å². The molecule has 1 heterocycles. The maximum Gasteiger partial charge on any atom is 0.241 e. The maximum atomic E-state index is 11.8. The van der Waals surface area contributed by atoms with Crippen molar-refractivity contribution in [2.75, 3.05) is 13.7 Å². The van der Waals surface area contributed by atoms with Gasteiger partial charge in [-0.3, -0.25) is 0 Å². The molecule has 1 aromatic heterocycles. The number of thiophene rings is 1. The van der Waals surface area contributed by atoms with Crippen molar-refractivity contribution in [3.05, 3.63) is 16.3 Å². The Morgan fingerprint density at radius 2 is 2.31 bits per heavy atom. The SMILES string of the molecule is COCC(C)NS(=O)(=O)c1csc(CN)c1. The highest BCUT2D eigenvalue weighted by molar-refractivity contribution is 7.89. The molecule has 0 aliphatic rings. The highest BCUT2D eigenvalue weighted by atomic mass is 32.2. The molecule has 7 heteroatoms. The predicted octanol–water partition coefficient (Wildman–Crippen LogP) is 0.520. The molecule has 1 atom stereocenters. The fourth-order valence-corrected chi connectivity index (χ4v) is 3.61. The predicted molar refractivity (Wildman–Crippen MR) is 63.9 cm³/mol. The fourth-order valence-electron chi connectivity index (χ4n) is 1.23. The molecule has 1 rings (SSSR count). The summed E-state index contributed by atoms with van der Waals surface area (Å²) in [6.45, 7) is 2.44. The van der Waals surface area contributed by atoms with Gasteiger partial charge in [0.1, 0.15) is 0 Å². The van der Waals surface area contributed by atoms with Gasteiger partial charge in [-0.2, -0.15) is 0 Å². The molecule has 5 nitrogen and oxygen atoms in total. The van der Waals surface area contributed by atoms with Crippen LogP contribution < -0.4 is 10.5 Å². The number of methoxy groups -OCH3 is 1. The normalized spacial score (nSPS) is 13.9. The first-order valence-electron chi connectivity index (χ1n) is 4.78. The molecule has 0 amide bonds. The summed E-state index contributed by atoms with van der Waals surface area (Å²) in [6.07, 6.45) is 0. The zero-order valence-corrected chi connectivity index (χ0v) is 10.9. The van der Waals surface area contributed by atoms with E-state index in [0.29, 0.717) is 13.2 Å². The highest BCUT2D eigenvalue weighted by Gasteiger charge is 2.18. The Labute approximate surface area is 99.7 Å². The number of ether oxygens (including phenoxy) is 1. The molecule has 1 aromatic rings. The molecular weight excluding hydrogens is 248 g/mol. The Bertz CT molecular complexity index is 428. The summed E-state index contributed by atoms with van der Waals surface area (Å²) in [5.41, 5.74) is 5.43. The number of hydrogen-bond donors (Lipinski definition) is 2. The van der Waals surface area contributed by atoms with Gasteiger partial charge in [0.05, 0.1) is 11.5 Å². The van der Waals surface area contributed by atoms with Crippen LogP contribution in [0.15, 0.2) is 16.3 Å². The van der Waals surface area contributed by atoms with Crippen LogP contribution in [0, 0.1) is 0 Å². The van der Waals surface area contributed by atoms with Crippen LogP contribution in [0.2, 0.25) is 0 Å². The summed E-state index contributed by atoms with van der Waals surface area (Å²) in [5.74, 6) is 0. The smallest absolute Gasteiger partial charge is 0.241 e. The molecule has 0 saturated heterocycles. The van der Waals surface area contributed by atoms with Crippen LogP contribution >= 0.6 is 11.3 Å². The first-order chi connectivity index (χ1) is 7.49. The molecule has 0 radical (unpaired) electrons. The third kappa shape index (κ3) is 3.53. The molecule has 0 saturated carbocycles. The Balaban J connectivity index is 2.77. The molecule has 16 heavy (non-hydrogen) atoms. The second kappa shape index (κ2) is 5.74. The molecule has 0 fully saturated rings. The van der Waals surface area contributed by atoms with E-state index in [1.807, 2.05) is 0 Å². The summed E-state index contributed by atoms with van der Waals surface area (Å²) in [7, 11) is -1.92. The van der Waals surface area contributed by atoms with Crippen molar-refractivity contribution in [3.63, 3.8) is 0 Å². The highest BCUT2D eigenvalue weighted by Crippen LogP contribution is 2.18. The van der Waals surface area contributed by atoms with Gasteiger partial charge in [-0.1, -0.05) is 0 Å². The molecule has 1 unspecified atom stereocenters. The van der Waals surface area contributed by atoms with Gasteiger partial charge in [0.25, 0.3) is 0 Å². The lowest BCUT2D eigenvalue weighted by molar-refractivity contribution is 0.180. The quantitative estimate of drug-likeness (QED) is 0.785. The summed E-state index contributed by atoms with van der Waals surface area (Å²) in [4.78, 5) is 1.11. The average Bonchev–Trinajstić information content (AvgIpc) is 2.65. The van der Waals surface area contributed by atoms with E-state index in [1.165, 1.54) is 18.4 Å². The largest absolute Gasteiger partial charge is 0.383 e. The lowest BCUT2D eigenvalue weighted by atomic mass is 10.4. The number of nitrogens with two attached hydrogens (primary N) is 1. The fraction of sp³-hybridized carbons (Fsp3) is 0.556. The van der Waals surface area contributed by atoms with Crippen LogP contribution in [0.5, 0.6) is 0 Å². The maximum absolute atomic E-state index is 11.8. The Morgan fingerprint density at radius 1 is 1.62 bits per heavy atom. The van der Waals surface area contributed by atoms with E-state index in [-0.39, 0.29) is 10.9 Å². The van der Waals surface area contributed by atoms with Crippen molar-refractivity contribution in [1.29, 1.82) is 0 Å². The number of rotatable bonds is 6. The van der Waals surface area contributed by atoms with Gasteiger partial charge in [0, 0.05) is 30.0 Å². The van der Waals surface area contributed by atoms with Gasteiger partial charge in [-0.15, -0.1) is 11.3 Å². The third-order valence-corrected chi connectivity index (χ3v) is 4.59. The van der Waals surface area contributed by atoms with E-state index in [1.54, 1.807) is 18.4 Å². The molecule has 0 spiro atoms. The van der Waals surface area contributed by atoms with Crippen molar-refractivity contribution in [1.82, 2.24) is 4.72 Å². The lowest BCUT2D eigenvalue weighted by Crippen LogP contribution is -2.35. The second-order valence-corrected chi connectivity index (χ2v) is 6.14. The molecule has 3 N–H and O–H groups in total. The van der Waals surface area contributed by atoms with E-state index in [4.69, 9.17) is 10.5 Å². The minimum atomic E-state index is -3.45. The van der Waals surface area contributed by atoms with Crippen molar-refractivity contribution in [3.8, 4) is 0 Å². The van der Waals surface area contributed by atoms with Crippen molar-refractivity contribution >= 4 is 21.4 Å². The molecular formula is C9H16N2O3S2. The van der Waals surface area contributed by atoms with Crippen LogP contribution in [0.25, 0.3) is 0 Å². The Kier molecular flexibility index (Phi) is 4.88. The van der Waals surface area contributed by atoms with Crippen molar-refractivity contribution in [2.45, 2.75) is 24.4 Å². The zero-order valence-electron chi connectivity index (χ0n) is 9.26. The van der Waals surface area contributed by atoms with E-state index in [9.17, 15) is 8.42 Å². The van der Waals surface area contributed by atoms with Gasteiger partial charge >= 0.3 is 0 Å². The minimum absolute atomic E-state index is 0.253. The van der Waals surface area contributed by atoms with Gasteiger partial charge in [0.2, 0.25) is 10.0 Å². The molecule has 0 aliphatic carbocycles. The van der Waals surface area contributed by atoms with E-state index >= 15 is 0 Å².